The molecule has 0 atom stereocenters. The average molecular weight is 322 g/mol. The van der Waals surface area contributed by atoms with Crippen LogP contribution in [0, 0.1) is 13.8 Å². The molecule has 4 nitrogen and oxygen atoms in total. The number of aromatic nitrogens is 1. The Hall–Kier alpha value is -0.840. The zero-order valence-corrected chi connectivity index (χ0v) is 13.8. The van der Waals surface area contributed by atoms with Crippen molar-refractivity contribution in [3.8, 4) is 0 Å². The van der Waals surface area contributed by atoms with Gasteiger partial charge in [-0.2, -0.15) is 0 Å². The molecule has 0 fully saturated rings. The number of halogens is 2. The van der Waals surface area contributed by atoms with Crippen molar-refractivity contribution in [2.24, 2.45) is 5.73 Å². The van der Waals surface area contributed by atoms with Gasteiger partial charge in [-0.3, -0.25) is 9.78 Å². The van der Waals surface area contributed by atoms with Crippen LogP contribution < -0.4 is 11.1 Å². The van der Waals surface area contributed by atoms with Gasteiger partial charge in [0.1, 0.15) is 0 Å². The summed E-state index contributed by atoms with van der Waals surface area (Å²) in [6.07, 6.45) is 4.70. The van der Waals surface area contributed by atoms with E-state index in [2.05, 4.69) is 10.3 Å². The van der Waals surface area contributed by atoms with Gasteiger partial charge in [0.2, 0.25) is 5.91 Å². The first kappa shape index (κ1) is 21.5. The molecule has 6 heteroatoms. The number of rotatable bonds is 7. The van der Waals surface area contributed by atoms with Gasteiger partial charge in [-0.25, -0.2) is 0 Å². The molecule has 0 saturated heterocycles. The molecule has 0 radical (unpaired) electrons. The summed E-state index contributed by atoms with van der Waals surface area (Å²) in [6.45, 7) is 4.58. The molecule has 0 aliphatic rings. The fraction of sp³-hybridized carbons (Fsp3) is 0.571. The van der Waals surface area contributed by atoms with Crippen LogP contribution in [0.15, 0.2) is 12.1 Å². The minimum Gasteiger partial charge on any atom is -0.330 e. The van der Waals surface area contributed by atoms with Crippen LogP contribution in [0.4, 0.5) is 5.69 Å². The lowest BCUT2D eigenvalue weighted by Crippen LogP contribution is -2.12. The SMILES string of the molecule is Cc1ccc(NC(=O)CCCCCCN)c(C)n1.Cl.Cl. The van der Waals surface area contributed by atoms with E-state index in [1.165, 1.54) is 0 Å². The highest BCUT2D eigenvalue weighted by Gasteiger charge is 2.05. The maximum absolute atomic E-state index is 11.7. The van der Waals surface area contributed by atoms with Crippen LogP contribution >= 0.6 is 24.8 Å². The van der Waals surface area contributed by atoms with Gasteiger partial charge in [0.05, 0.1) is 11.4 Å². The average Bonchev–Trinajstić information content (AvgIpc) is 2.32. The maximum atomic E-state index is 11.7. The van der Waals surface area contributed by atoms with Crippen LogP contribution in [0.5, 0.6) is 0 Å². The van der Waals surface area contributed by atoms with Gasteiger partial charge in [-0.15, -0.1) is 24.8 Å². The molecule has 0 aliphatic heterocycles. The number of carbonyl (C=O) groups is 1. The number of hydrogen-bond donors (Lipinski definition) is 2. The molecule has 0 aliphatic carbocycles. The highest BCUT2D eigenvalue weighted by molar-refractivity contribution is 5.91. The molecule has 116 valence electrons. The predicted molar refractivity (Wildman–Crippen MR) is 89.0 cm³/mol. The quantitative estimate of drug-likeness (QED) is 0.756. The fourth-order valence-corrected chi connectivity index (χ4v) is 1.81. The Labute approximate surface area is 133 Å². The van der Waals surface area contributed by atoms with Crippen LogP contribution in [-0.2, 0) is 4.79 Å². The van der Waals surface area contributed by atoms with Crippen LogP contribution in [-0.4, -0.2) is 17.4 Å². The van der Waals surface area contributed by atoms with Crippen molar-refractivity contribution in [1.82, 2.24) is 4.98 Å². The Kier molecular flexibility index (Phi) is 12.8. The summed E-state index contributed by atoms with van der Waals surface area (Å²) < 4.78 is 0. The number of hydrogen-bond acceptors (Lipinski definition) is 3. The summed E-state index contributed by atoms with van der Waals surface area (Å²) in [4.78, 5) is 16.0. The van der Waals surface area contributed by atoms with Crippen molar-refractivity contribution in [3.05, 3.63) is 23.5 Å². The molecule has 1 amide bonds. The van der Waals surface area contributed by atoms with Gasteiger partial charge >= 0.3 is 0 Å². The Morgan fingerprint density at radius 1 is 1.15 bits per heavy atom. The maximum Gasteiger partial charge on any atom is 0.224 e. The van der Waals surface area contributed by atoms with E-state index in [0.29, 0.717) is 6.42 Å². The first-order valence-corrected chi connectivity index (χ1v) is 6.57. The number of unbranched alkanes of at least 4 members (excludes halogenated alkanes) is 3. The molecule has 0 unspecified atom stereocenters. The molecule has 1 heterocycles. The molecule has 20 heavy (non-hydrogen) atoms. The zero-order valence-electron chi connectivity index (χ0n) is 12.1. The highest BCUT2D eigenvalue weighted by Crippen LogP contribution is 2.13. The zero-order chi connectivity index (χ0) is 13.4. The monoisotopic (exact) mass is 321 g/mol. The van der Waals surface area contributed by atoms with Crippen molar-refractivity contribution in [2.45, 2.75) is 46.0 Å². The summed E-state index contributed by atoms with van der Waals surface area (Å²) in [6, 6.07) is 3.81. The van der Waals surface area contributed by atoms with Gasteiger partial charge in [0.25, 0.3) is 0 Å². The number of nitrogens with one attached hydrogen (secondary N) is 1. The molecule has 0 bridgehead atoms. The first-order valence-electron chi connectivity index (χ1n) is 6.57. The van der Waals surface area contributed by atoms with Crippen molar-refractivity contribution in [2.75, 3.05) is 11.9 Å². The highest BCUT2D eigenvalue weighted by atomic mass is 35.5. The number of nitrogens with zero attached hydrogens (tertiary/aromatic N) is 1. The Morgan fingerprint density at radius 3 is 2.40 bits per heavy atom. The summed E-state index contributed by atoms with van der Waals surface area (Å²) in [7, 11) is 0. The molecule has 1 rings (SSSR count). The van der Waals surface area contributed by atoms with Gasteiger partial charge in [0.15, 0.2) is 0 Å². The molecule has 3 N–H and O–H groups in total. The van der Waals surface area contributed by atoms with Crippen LogP contribution in [0.3, 0.4) is 0 Å². The molecule has 0 saturated carbocycles. The Balaban J connectivity index is 0. The molecular weight excluding hydrogens is 297 g/mol. The standard InChI is InChI=1S/C14H23N3O.2ClH/c1-11-8-9-13(12(2)16-11)17-14(18)7-5-3-4-6-10-15;;/h8-9H,3-7,10,15H2,1-2H3,(H,17,18);2*1H. The van der Waals surface area contributed by atoms with E-state index in [0.717, 1.165) is 49.3 Å². The number of anilines is 1. The molecule has 0 aromatic carbocycles. The van der Waals surface area contributed by atoms with Crippen molar-refractivity contribution >= 4 is 36.4 Å². The van der Waals surface area contributed by atoms with Crippen LogP contribution in [0.1, 0.15) is 43.5 Å². The van der Waals surface area contributed by atoms with Gasteiger partial charge in [-0.05, 0) is 45.4 Å². The molecular formula is C14H25Cl2N3O. The second kappa shape index (κ2) is 11.9. The van der Waals surface area contributed by atoms with E-state index in [4.69, 9.17) is 5.73 Å². The number of aryl methyl sites for hydroxylation is 2. The van der Waals surface area contributed by atoms with E-state index >= 15 is 0 Å². The summed E-state index contributed by atoms with van der Waals surface area (Å²) in [5, 5.41) is 2.90. The van der Waals surface area contributed by atoms with E-state index in [9.17, 15) is 4.79 Å². The van der Waals surface area contributed by atoms with E-state index < -0.39 is 0 Å². The van der Waals surface area contributed by atoms with Gasteiger partial charge in [0, 0.05) is 12.1 Å². The second-order valence-corrected chi connectivity index (χ2v) is 4.59. The normalized spacial score (nSPS) is 9.35. The summed E-state index contributed by atoms with van der Waals surface area (Å²) in [5.41, 5.74) is 8.06. The van der Waals surface area contributed by atoms with Crippen LogP contribution in [0.2, 0.25) is 0 Å². The topological polar surface area (TPSA) is 68.0 Å². The third kappa shape index (κ3) is 8.35. The fourth-order valence-electron chi connectivity index (χ4n) is 1.81. The van der Waals surface area contributed by atoms with E-state index in [-0.39, 0.29) is 30.7 Å². The minimum absolute atomic E-state index is 0. The Bertz CT molecular complexity index is 400. The molecule has 0 spiro atoms. The van der Waals surface area contributed by atoms with Gasteiger partial charge < -0.3 is 11.1 Å². The van der Waals surface area contributed by atoms with Crippen molar-refractivity contribution < 1.29 is 4.79 Å². The van der Waals surface area contributed by atoms with E-state index in [1.807, 2.05) is 26.0 Å². The summed E-state index contributed by atoms with van der Waals surface area (Å²) in [5.74, 6) is 0.0662. The third-order valence-corrected chi connectivity index (χ3v) is 2.86. The lowest BCUT2D eigenvalue weighted by Gasteiger charge is -2.08. The lowest BCUT2D eigenvalue weighted by atomic mass is 10.1. The number of amides is 1. The Morgan fingerprint density at radius 2 is 1.80 bits per heavy atom. The molecule has 1 aromatic rings. The minimum atomic E-state index is 0. The van der Waals surface area contributed by atoms with Crippen molar-refractivity contribution in [1.29, 1.82) is 0 Å². The number of carbonyl (C=O) groups excluding carboxylic acids is 1. The predicted octanol–water partition coefficient (Wildman–Crippen LogP) is 3.39. The lowest BCUT2D eigenvalue weighted by molar-refractivity contribution is -0.116. The summed E-state index contributed by atoms with van der Waals surface area (Å²) >= 11 is 0. The van der Waals surface area contributed by atoms with Crippen molar-refractivity contribution in [3.63, 3.8) is 0 Å². The number of pyridine rings is 1. The smallest absolute Gasteiger partial charge is 0.224 e. The largest absolute Gasteiger partial charge is 0.330 e. The third-order valence-electron chi connectivity index (χ3n) is 2.86. The second-order valence-electron chi connectivity index (χ2n) is 4.59. The number of nitrogens with two attached hydrogens (primary N) is 1. The molecule has 1 aromatic heterocycles. The first-order chi connectivity index (χ1) is 8.63. The van der Waals surface area contributed by atoms with Crippen LogP contribution in [0.25, 0.3) is 0 Å². The van der Waals surface area contributed by atoms with E-state index in [1.54, 1.807) is 0 Å². The van der Waals surface area contributed by atoms with Gasteiger partial charge in [-0.1, -0.05) is 12.8 Å².